The van der Waals surface area contributed by atoms with E-state index in [4.69, 9.17) is 4.74 Å². The molecule has 0 amide bonds. The van der Waals surface area contributed by atoms with E-state index in [1.807, 2.05) is 30.3 Å². The monoisotopic (exact) mass is 250 g/mol. The minimum absolute atomic E-state index is 0. The van der Waals surface area contributed by atoms with Crippen molar-refractivity contribution in [1.29, 1.82) is 0 Å². The van der Waals surface area contributed by atoms with Gasteiger partial charge in [0.1, 0.15) is 12.4 Å². The van der Waals surface area contributed by atoms with Crippen molar-refractivity contribution in [3.8, 4) is 5.75 Å². The topological polar surface area (TPSA) is 47.5 Å². The molecule has 1 fully saturated rings. The van der Waals surface area contributed by atoms with Crippen LogP contribution in [0.3, 0.4) is 0 Å². The molecular formula is C15H26N2O. The summed E-state index contributed by atoms with van der Waals surface area (Å²) in [6.07, 6.45) is 5.20. The van der Waals surface area contributed by atoms with E-state index in [9.17, 15) is 0 Å². The Morgan fingerprint density at radius 2 is 2.06 bits per heavy atom. The maximum Gasteiger partial charge on any atom is 0.119 e. The maximum absolute atomic E-state index is 5.86. The quantitative estimate of drug-likeness (QED) is 0.840. The lowest BCUT2D eigenvalue weighted by atomic mass is 10.2. The molecule has 3 N–H and O–H groups in total. The molecule has 0 aliphatic carbocycles. The summed E-state index contributed by atoms with van der Waals surface area (Å²) in [5, 5.41) is 0. The number of nitrogens with zero attached hydrogens (tertiary/aromatic N) is 1. The molecule has 3 nitrogen and oxygen atoms in total. The Hall–Kier alpha value is -1.06. The fraction of sp³-hybridized carbons (Fsp3) is 0.600. The van der Waals surface area contributed by atoms with Gasteiger partial charge in [-0.15, -0.1) is 0 Å². The molecule has 2 rings (SSSR count). The average Bonchev–Trinajstić information content (AvgIpc) is 2.82. The minimum Gasteiger partial charge on any atom is -0.492 e. The Kier molecular flexibility index (Phi) is 6.76. The number of unbranched alkanes of at least 4 members (excludes halogenated alkanes) is 1. The van der Waals surface area contributed by atoms with E-state index in [2.05, 4.69) is 11.8 Å². The summed E-state index contributed by atoms with van der Waals surface area (Å²) >= 11 is 0. The van der Waals surface area contributed by atoms with Crippen LogP contribution in [0.5, 0.6) is 5.75 Å². The average molecular weight is 250 g/mol. The van der Waals surface area contributed by atoms with Crippen molar-refractivity contribution in [2.45, 2.75) is 38.6 Å². The highest BCUT2D eigenvalue weighted by atomic mass is 16.5. The van der Waals surface area contributed by atoms with Gasteiger partial charge in [-0.05, 0) is 44.5 Å². The number of likely N-dealkylation sites (tertiary alicyclic amines) is 1. The van der Waals surface area contributed by atoms with Crippen LogP contribution in [0.4, 0.5) is 0 Å². The number of rotatable bonds is 6. The van der Waals surface area contributed by atoms with Crippen molar-refractivity contribution >= 4 is 0 Å². The van der Waals surface area contributed by atoms with Crippen LogP contribution in [-0.4, -0.2) is 30.6 Å². The van der Waals surface area contributed by atoms with E-state index < -0.39 is 0 Å². The Morgan fingerprint density at radius 1 is 1.28 bits per heavy atom. The van der Waals surface area contributed by atoms with Crippen molar-refractivity contribution in [2.24, 2.45) is 0 Å². The first-order chi connectivity index (χ1) is 8.40. The van der Waals surface area contributed by atoms with Gasteiger partial charge in [0.15, 0.2) is 0 Å². The van der Waals surface area contributed by atoms with Gasteiger partial charge in [0, 0.05) is 6.04 Å². The summed E-state index contributed by atoms with van der Waals surface area (Å²) in [5.74, 6) is 0.995. The molecule has 0 saturated carbocycles. The summed E-state index contributed by atoms with van der Waals surface area (Å²) in [6, 6.07) is 10.8. The summed E-state index contributed by atoms with van der Waals surface area (Å²) in [7, 11) is 0. The van der Waals surface area contributed by atoms with Gasteiger partial charge in [-0.3, -0.25) is 4.90 Å². The lowest BCUT2D eigenvalue weighted by Gasteiger charge is -2.24. The van der Waals surface area contributed by atoms with Gasteiger partial charge >= 0.3 is 0 Å². The molecule has 0 aromatic heterocycles. The normalized spacial score (nSPS) is 19.5. The van der Waals surface area contributed by atoms with E-state index in [0.717, 1.165) is 12.4 Å². The molecule has 1 aromatic rings. The van der Waals surface area contributed by atoms with Gasteiger partial charge in [-0.1, -0.05) is 31.5 Å². The van der Waals surface area contributed by atoms with Crippen LogP contribution in [0, 0.1) is 0 Å². The van der Waals surface area contributed by atoms with Crippen molar-refractivity contribution < 1.29 is 4.74 Å². The second-order valence-corrected chi connectivity index (χ2v) is 4.81. The molecule has 0 bridgehead atoms. The fourth-order valence-corrected chi connectivity index (χ4v) is 2.45. The molecular weight excluding hydrogens is 224 g/mol. The zero-order valence-corrected chi connectivity index (χ0v) is 11.5. The highest BCUT2D eigenvalue weighted by molar-refractivity contribution is 5.20. The van der Waals surface area contributed by atoms with Crippen LogP contribution in [0.15, 0.2) is 30.3 Å². The highest BCUT2D eigenvalue weighted by Crippen LogP contribution is 2.19. The first-order valence-electron chi connectivity index (χ1n) is 6.82. The summed E-state index contributed by atoms with van der Waals surface area (Å²) < 4.78 is 5.86. The van der Waals surface area contributed by atoms with Crippen LogP contribution in [0.1, 0.15) is 32.6 Å². The number of hydrogen-bond donors (Lipinski definition) is 1. The molecule has 1 aliphatic heterocycles. The summed E-state index contributed by atoms with van der Waals surface area (Å²) in [4.78, 5) is 2.59. The molecule has 1 unspecified atom stereocenters. The SMILES string of the molecule is CCCCN1CCCC1COc1ccccc1.N. The maximum atomic E-state index is 5.86. The van der Waals surface area contributed by atoms with E-state index in [0.29, 0.717) is 6.04 Å². The number of benzene rings is 1. The van der Waals surface area contributed by atoms with Crippen molar-refractivity contribution in [2.75, 3.05) is 19.7 Å². The van der Waals surface area contributed by atoms with Crippen molar-refractivity contribution in [1.82, 2.24) is 11.1 Å². The van der Waals surface area contributed by atoms with Crippen LogP contribution in [-0.2, 0) is 0 Å². The lowest BCUT2D eigenvalue weighted by molar-refractivity contribution is 0.171. The van der Waals surface area contributed by atoms with Crippen molar-refractivity contribution in [3.05, 3.63) is 30.3 Å². The molecule has 0 radical (unpaired) electrons. The number of ether oxygens (including phenoxy) is 1. The molecule has 3 heteroatoms. The number of hydrogen-bond acceptors (Lipinski definition) is 3. The molecule has 18 heavy (non-hydrogen) atoms. The summed E-state index contributed by atoms with van der Waals surface area (Å²) in [5.41, 5.74) is 0. The first-order valence-corrected chi connectivity index (χ1v) is 6.82. The molecule has 0 spiro atoms. The Bertz CT molecular complexity index is 316. The third-order valence-corrected chi connectivity index (χ3v) is 3.48. The van der Waals surface area contributed by atoms with E-state index in [-0.39, 0.29) is 6.15 Å². The van der Waals surface area contributed by atoms with Gasteiger partial charge in [0.25, 0.3) is 0 Å². The minimum atomic E-state index is 0. The zero-order valence-electron chi connectivity index (χ0n) is 11.5. The molecule has 1 heterocycles. The first kappa shape index (κ1) is 15.0. The van der Waals surface area contributed by atoms with Gasteiger partial charge in [-0.25, -0.2) is 0 Å². The van der Waals surface area contributed by atoms with Crippen molar-refractivity contribution in [3.63, 3.8) is 0 Å². The molecule has 1 aliphatic rings. The molecule has 102 valence electrons. The van der Waals surface area contributed by atoms with Crippen LogP contribution in [0.2, 0.25) is 0 Å². The summed E-state index contributed by atoms with van der Waals surface area (Å²) in [6.45, 7) is 5.58. The Balaban J connectivity index is 0.00000162. The highest BCUT2D eigenvalue weighted by Gasteiger charge is 2.24. The second-order valence-electron chi connectivity index (χ2n) is 4.81. The third kappa shape index (κ3) is 4.31. The van der Waals surface area contributed by atoms with Gasteiger partial charge < -0.3 is 10.9 Å². The lowest BCUT2D eigenvalue weighted by Crippen LogP contribution is -2.34. The molecule has 1 aromatic carbocycles. The predicted molar refractivity (Wildman–Crippen MR) is 76.5 cm³/mol. The van der Waals surface area contributed by atoms with E-state index >= 15 is 0 Å². The number of para-hydroxylation sites is 1. The van der Waals surface area contributed by atoms with Crippen LogP contribution in [0.25, 0.3) is 0 Å². The Morgan fingerprint density at radius 3 is 2.78 bits per heavy atom. The van der Waals surface area contributed by atoms with Gasteiger partial charge in [-0.2, -0.15) is 0 Å². The fourth-order valence-electron chi connectivity index (χ4n) is 2.45. The predicted octanol–water partition coefficient (Wildman–Crippen LogP) is 3.49. The van der Waals surface area contributed by atoms with Crippen LogP contribution < -0.4 is 10.9 Å². The largest absolute Gasteiger partial charge is 0.492 e. The smallest absolute Gasteiger partial charge is 0.119 e. The standard InChI is InChI=1S/C15H23NO.H3N/c1-2-3-11-16-12-7-8-14(16)13-17-15-9-5-4-6-10-15;/h4-6,9-10,14H,2-3,7-8,11-13H2,1H3;1H3. The molecule has 1 saturated heterocycles. The van der Waals surface area contributed by atoms with Crippen LogP contribution >= 0.6 is 0 Å². The van der Waals surface area contributed by atoms with Gasteiger partial charge in [0.05, 0.1) is 0 Å². The third-order valence-electron chi connectivity index (χ3n) is 3.48. The Labute approximate surface area is 111 Å². The molecule has 1 atom stereocenters. The zero-order chi connectivity index (χ0) is 11.9. The van der Waals surface area contributed by atoms with E-state index in [1.54, 1.807) is 0 Å². The second kappa shape index (κ2) is 8.11. The van der Waals surface area contributed by atoms with Gasteiger partial charge in [0.2, 0.25) is 0 Å². The van der Waals surface area contributed by atoms with E-state index in [1.165, 1.54) is 38.8 Å².